The van der Waals surface area contributed by atoms with Crippen LogP contribution >= 0.6 is 0 Å². The standard InChI is InChI=1S/3C15H4BF18N6.Li.Zn/c3*17-10(18,19)4-1-7(13(26,27)28)38(35-4)16(39-8(14(29,30)31)2-5(36-39)11(20,21)22)40-9(15(32,33)34)3-6(37-40)12(23,24)25;;/h3*1-3,16H;;/q3*-1;+1;+2. The molecule has 0 atom stereocenters. The molecule has 0 amide bonds. The molecule has 9 aromatic rings. The molecule has 77 heteroatoms. The predicted molar refractivity (Wildman–Crippen MR) is 270 cm³/mol. The Balaban J connectivity index is 0.000000323. The molecule has 0 unspecified atom stereocenters. The largest absolute Gasteiger partial charge is 2.00 e. The van der Waals surface area contributed by atoms with E-state index in [1.54, 1.807) is 0 Å². The summed E-state index contributed by atoms with van der Waals surface area (Å²) in [6.45, 7) is 0. The molecule has 0 aromatic carbocycles. The molecular formula is C45H12B3F54LiN18Zn. The van der Waals surface area contributed by atoms with Gasteiger partial charge in [0.2, 0.25) is 0 Å². The Bertz CT molecular complexity index is 4140. The minimum atomic E-state index is -6.13. The molecular weight excluding hydrogens is 1920 g/mol. The molecule has 0 N–H and O–H groups in total. The van der Waals surface area contributed by atoms with Crippen LogP contribution in [0.5, 0.6) is 0 Å². The SMILES string of the molecule is FC(F)(F)c1cc(C(F)(F)F)n([BH-](n2nc(C(F)(F)F)cc2C(F)(F)F)n2nc(C(F)(F)F)cc2C(F)(F)F)n1.FC(F)(F)c1cc(C(F)(F)F)n([BH-](n2nc(C(F)(F)F)cc2C(F)(F)F)n2nc(C(F)(F)F)cc2C(F)(F)F)n1.FC(F)(F)c1cc(C(F)(F)F)n([BH-](n2nc(C(F)(F)F)cc2C(F)(F)F)n2nc(C(F)(F)F)cc2C(F)(F)F)n1.[Li+].[Zn+2]. The topological polar surface area (TPSA) is 160 Å². The number of hydrogen-bond donors (Lipinski definition) is 0. The van der Waals surface area contributed by atoms with Gasteiger partial charge in [0.25, 0.3) is 0 Å². The summed E-state index contributed by atoms with van der Waals surface area (Å²) in [6.07, 6.45) is -108. The van der Waals surface area contributed by atoms with Crippen LogP contribution in [0.15, 0.2) is 54.6 Å². The van der Waals surface area contributed by atoms with Gasteiger partial charge in [-0.3, -0.25) is 0 Å². The minimum Gasteiger partial charge on any atom is -0.392 e. The van der Waals surface area contributed by atoms with Crippen molar-refractivity contribution in [2.45, 2.75) is 111 Å². The molecule has 9 aromatic heterocycles. The van der Waals surface area contributed by atoms with Crippen LogP contribution < -0.4 is 18.9 Å². The zero-order valence-electron chi connectivity index (χ0n) is 55.5. The molecule has 9 heterocycles. The Morgan fingerprint density at radius 2 is 0.205 bits per heavy atom. The Labute approximate surface area is 651 Å². The average Bonchev–Trinajstić information content (AvgIpc) is 1.58. The van der Waals surface area contributed by atoms with Crippen molar-refractivity contribution < 1.29 is 275 Å². The van der Waals surface area contributed by atoms with Gasteiger partial charge in [-0.15, -0.1) is 0 Å². The van der Waals surface area contributed by atoms with Crippen LogP contribution in [0.4, 0.5) is 237 Å². The summed E-state index contributed by atoms with van der Waals surface area (Å²) in [5, 5.41) is 20.5. The molecule has 0 fully saturated rings. The van der Waals surface area contributed by atoms with Crippen molar-refractivity contribution in [2.24, 2.45) is 0 Å². The Morgan fingerprint density at radius 3 is 0.254 bits per heavy atom. The minimum absolute atomic E-state index is 0. The van der Waals surface area contributed by atoms with Crippen molar-refractivity contribution in [1.82, 2.24) is 87.2 Å². The molecule has 0 bridgehead atoms. The second-order valence-corrected chi connectivity index (χ2v) is 23.0. The van der Waals surface area contributed by atoms with Gasteiger partial charge in [-0.25, -0.2) is 45.9 Å². The van der Waals surface area contributed by atoms with Crippen LogP contribution in [0.3, 0.4) is 0 Å². The van der Waals surface area contributed by atoms with E-state index in [1.807, 2.05) is 0 Å². The fraction of sp³-hybridized carbons (Fsp3) is 0.400. The van der Waals surface area contributed by atoms with Gasteiger partial charge in [0.1, 0.15) is 51.2 Å². The summed E-state index contributed by atoms with van der Waals surface area (Å²) in [4.78, 5) is 0. The molecule has 0 spiro atoms. The zero-order chi connectivity index (χ0) is 93.0. The summed E-state index contributed by atoms with van der Waals surface area (Å²) in [5.41, 5.74) is -49.0. The van der Waals surface area contributed by atoms with Gasteiger partial charge >= 0.3 is 171 Å². The number of nitrogens with zero attached hydrogens (tertiary/aromatic N) is 18. The van der Waals surface area contributed by atoms with Crippen LogP contribution in [0, 0.1) is 0 Å². The fourth-order valence-electron chi connectivity index (χ4n) is 10.1. The van der Waals surface area contributed by atoms with Crippen molar-refractivity contribution in [2.75, 3.05) is 0 Å². The van der Waals surface area contributed by atoms with E-state index in [-0.39, 0.29) is 38.3 Å². The van der Waals surface area contributed by atoms with E-state index >= 15 is 0 Å². The number of rotatable bonds is 9. The fourth-order valence-corrected chi connectivity index (χ4v) is 10.1. The molecule has 0 radical (unpaired) electrons. The van der Waals surface area contributed by atoms with E-state index in [4.69, 9.17) is 0 Å². The van der Waals surface area contributed by atoms with E-state index in [1.165, 1.54) is 0 Å². The zero-order valence-corrected chi connectivity index (χ0v) is 58.5. The first-order valence-electron chi connectivity index (χ1n) is 28.6. The maximum Gasteiger partial charge on any atom is 2.00 e. The summed E-state index contributed by atoms with van der Waals surface area (Å²) in [6, 6.07) is -8.47. The first-order chi connectivity index (χ1) is 52.9. The predicted octanol–water partition coefficient (Wildman–Crippen LogP) is 15.2. The maximum atomic E-state index is 13.6. The average molecular weight is 1940 g/mol. The molecule has 9 rings (SSSR count). The van der Waals surface area contributed by atoms with Gasteiger partial charge < -0.3 is 41.3 Å². The summed E-state index contributed by atoms with van der Waals surface area (Å²) in [5.74, 6) is 0. The van der Waals surface area contributed by atoms with Gasteiger partial charge in [-0.05, 0) is 54.6 Å². The van der Waals surface area contributed by atoms with Gasteiger partial charge in [0, 0.05) is 0 Å². The van der Waals surface area contributed by atoms with E-state index in [2.05, 4.69) is 45.9 Å². The van der Waals surface area contributed by atoms with Crippen molar-refractivity contribution in [1.29, 1.82) is 0 Å². The summed E-state index contributed by atoms with van der Waals surface area (Å²) < 4.78 is 712. The molecule has 0 aliphatic rings. The quantitative estimate of drug-likeness (QED) is 0.101. The van der Waals surface area contributed by atoms with Crippen LogP contribution in [0.2, 0.25) is 0 Å². The number of hydrogen-bond acceptors (Lipinski definition) is 9. The van der Waals surface area contributed by atoms with Gasteiger partial charge in [0.05, 0.1) is 0 Å². The van der Waals surface area contributed by atoms with Crippen LogP contribution in [0.25, 0.3) is 0 Å². The summed E-state index contributed by atoms with van der Waals surface area (Å²) >= 11 is 0. The first-order valence-corrected chi connectivity index (χ1v) is 28.6. The first kappa shape index (κ1) is 103. The number of alkyl halides is 54. The molecule has 122 heavy (non-hydrogen) atoms. The normalized spacial score (nSPS) is 14.2. The van der Waals surface area contributed by atoms with Gasteiger partial charge in [0.15, 0.2) is 51.2 Å². The maximum absolute atomic E-state index is 13.6. The Morgan fingerprint density at radius 1 is 0.139 bits per heavy atom. The molecule has 0 saturated carbocycles. The Hall–Kier alpha value is -9.47. The van der Waals surface area contributed by atoms with Crippen LogP contribution in [0.1, 0.15) is 102 Å². The number of aromatic nitrogens is 18. The van der Waals surface area contributed by atoms with Crippen LogP contribution in [-0.2, 0) is 131 Å². The van der Waals surface area contributed by atoms with Gasteiger partial charge in [-0.1, -0.05) is 0 Å². The molecule has 18 nitrogen and oxygen atoms in total. The van der Waals surface area contributed by atoms with E-state index in [0.717, 1.165) is 0 Å². The Kier molecular flexibility index (Phi) is 27.0. The third kappa shape index (κ3) is 22.5. The molecule has 672 valence electrons. The second kappa shape index (κ2) is 31.9. The molecule has 0 aliphatic carbocycles. The van der Waals surface area contributed by atoms with Gasteiger partial charge in [-0.2, -0.15) is 237 Å². The van der Waals surface area contributed by atoms with Crippen molar-refractivity contribution in [3.8, 4) is 0 Å². The van der Waals surface area contributed by atoms with E-state index < -0.39 is 331 Å². The second-order valence-electron chi connectivity index (χ2n) is 23.0. The third-order valence-electron chi connectivity index (χ3n) is 14.7. The van der Waals surface area contributed by atoms with E-state index in [0.29, 0.717) is 0 Å². The monoisotopic (exact) mass is 1930 g/mol. The van der Waals surface area contributed by atoms with Crippen LogP contribution in [-0.4, -0.2) is 109 Å². The van der Waals surface area contributed by atoms with Crippen molar-refractivity contribution in [3.63, 3.8) is 0 Å². The van der Waals surface area contributed by atoms with Crippen molar-refractivity contribution in [3.05, 3.63) is 157 Å². The third-order valence-corrected chi connectivity index (χ3v) is 14.7. The summed E-state index contributed by atoms with van der Waals surface area (Å²) in [7, 11) is -15.9. The molecule has 0 saturated heterocycles. The number of halogens is 54. The van der Waals surface area contributed by atoms with Crippen molar-refractivity contribution >= 4 is 21.4 Å². The smallest absolute Gasteiger partial charge is 0.392 e. The van der Waals surface area contributed by atoms with E-state index in [9.17, 15) is 237 Å². The molecule has 0 aliphatic heterocycles.